The third kappa shape index (κ3) is 4.24. The van der Waals surface area contributed by atoms with Crippen LogP contribution in [0.2, 0.25) is 10.0 Å². The van der Waals surface area contributed by atoms with Crippen molar-refractivity contribution >= 4 is 40.7 Å². The number of amides is 1. The van der Waals surface area contributed by atoms with Gasteiger partial charge in [-0.05, 0) is 31.0 Å². The molecule has 1 aromatic carbocycles. The highest BCUT2D eigenvalue weighted by atomic mass is 35.5. The number of carbonyl (C=O) groups is 1. The van der Waals surface area contributed by atoms with E-state index in [2.05, 4.69) is 25.8 Å². The van der Waals surface area contributed by atoms with Gasteiger partial charge in [0.15, 0.2) is 0 Å². The molecule has 158 valence electrons. The van der Waals surface area contributed by atoms with Crippen molar-refractivity contribution in [2.75, 3.05) is 10.6 Å². The van der Waals surface area contributed by atoms with Crippen molar-refractivity contribution < 1.29 is 13.6 Å². The molecule has 8 nitrogen and oxygen atoms in total. The lowest BCUT2D eigenvalue weighted by atomic mass is 10.1. The highest BCUT2D eigenvalue weighted by molar-refractivity contribution is 6.35. The number of anilines is 2. The van der Waals surface area contributed by atoms with Crippen molar-refractivity contribution in [1.82, 2.24) is 24.5 Å². The number of rotatable bonds is 5. The van der Waals surface area contributed by atoms with Gasteiger partial charge >= 0.3 is 0 Å². The number of halogens is 4. The molecule has 0 bridgehead atoms. The second kappa shape index (κ2) is 8.19. The molecule has 3 aromatic rings. The maximum atomic E-state index is 13.3. The zero-order chi connectivity index (χ0) is 21.4. The Labute approximate surface area is 180 Å². The second-order valence-corrected chi connectivity index (χ2v) is 7.85. The predicted molar refractivity (Wildman–Crippen MR) is 109 cm³/mol. The number of hydrogen-bond acceptors (Lipinski definition) is 5. The topological polar surface area (TPSA) is 89.7 Å². The van der Waals surface area contributed by atoms with Gasteiger partial charge < -0.3 is 10.6 Å². The molecule has 0 saturated heterocycles. The summed E-state index contributed by atoms with van der Waals surface area (Å²) in [4.78, 5) is 16.6. The van der Waals surface area contributed by atoms with Gasteiger partial charge in [-0.1, -0.05) is 29.3 Å². The lowest BCUT2D eigenvalue weighted by Gasteiger charge is -2.28. The standard InChI is InChI=1S/C18H17Cl2F2N7O/c1-9-4-14(15(21)22)29-18(24-9)26-16(27-29)17(30)25-12-6-23-28(8-12)7-10-2-3-11(19)5-13(10)20/h2-3,5-6,8-9,14-15H,4,7H2,1H3,(H,25,30)(H,24,26,27)/t9-,14+/m1/s1. The number of nitrogens with one attached hydrogen (secondary N) is 2. The fourth-order valence-electron chi connectivity index (χ4n) is 3.23. The molecule has 0 saturated carbocycles. The summed E-state index contributed by atoms with van der Waals surface area (Å²) in [5, 5.41) is 14.8. The van der Waals surface area contributed by atoms with Crippen molar-refractivity contribution in [3.8, 4) is 0 Å². The van der Waals surface area contributed by atoms with Crippen LogP contribution >= 0.6 is 23.2 Å². The Hall–Kier alpha value is -2.72. The maximum Gasteiger partial charge on any atom is 0.295 e. The monoisotopic (exact) mass is 455 g/mol. The van der Waals surface area contributed by atoms with Crippen molar-refractivity contribution in [2.45, 2.75) is 38.4 Å². The minimum Gasteiger partial charge on any atom is -0.352 e. The zero-order valence-corrected chi connectivity index (χ0v) is 17.2. The molecule has 2 aromatic heterocycles. The van der Waals surface area contributed by atoms with Crippen LogP contribution in [0.1, 0.15) is 35.6 Å². The Kier molecular flexibility index (Phi) is 5.61. The summed E-state index contributed by atoms with van der Waals surface area (Å²) in [5.41, 5.74) is 1.22. The molecule has 1 aliphatic heterocycles. The molecule has 2 atom stereocenters. The fourth-order valence-corrected chi connectivity index (χ4v) is 3.69. The van der Waals surface area contributed by atoms with Crippen LogP contribution in [0.5, 0.6) is 0 Å². The molecule has 1 amide bonds. The molecule has 0 spiro atoms. The Balaban J connectivity index is 1.47. The van der Waals surface area contributed by atoms with Crippen LogP contribution < -0.4 is 10.6 Å². The van der Waals surface area contributed by atoms with Gasteiger partial charge in [-0.3, -0.25) is 9.48 Å². The van der Waals surface area contributed by atoms with Crippen molar-refractivity contribution in [3.05, 3.63) is 52.0 Å². The van der Waals surface area contributed by atoms with E-state index in [1.54, 1.807) is 36.0 Å². The van der Waals surface area contributed by atoms with Crippen LogP contribution in [0.4, 0.5) is 20.4 Å². The number of hydrogen-bond donors (Lipinski definition) is 2. The quantitative estimate of drug-likeness (QED) is 0.604. The van der Waals surface area contributed by atoms with Gasteiger partial charge in [-0.25, -0.2) is 13.5 Å². The summed E-state index contributed by atoms with van der Waals surface area (Å²) in [5.74, 6) is -0.675. The molecule has 0 aliphatic carbocycles. The van der Waals surface area contributed by atoms with E-state index < -0.39 is 18.4 Å². The van der Waals surface area contributed by atoms with Gasteiger partial charge in [0, 0.05) is 22.3 Å². The predicted octanol–water partition coefficient (Wildman–Crippen LogP) is 4.09. The Morgan fingerprint density at radius 2 is 2.20 bits per heavy atom. The summed E-state index contributed by atoms with van der Waals surface area (Å²) in [7, 11) is 0. The number of aromatic nitrogens is 5. The molecule has 0 radical (unpaired) electrons. The van der Waals surface area contributed by atoms with Gasteiger partial charge in [-0.15, -0.1) is 5.10 Å². The van der Waals surface area contributed by atoms with Crippen LogP contribution in [-0.2, 0) is 6.54 Å². The molecule has 12 heteroatoms. The molecule has 4 rings (SSSR count). The van der Waals surface area contributed by atoms with Crippen LogP contribution in [-0.4, -0.2) is 42.9 Å². The van der Waals surface area contributed by atoms with Gasteiger partial charge in [0.1, 0.15) is 6.04 Å². The lowest BCUT2D eigenvalue weighted by Crippen LogP contribution is -2.33. The van der Waals surface area contributed by atoms with E-state index in [0.29, 0.717) is 22.3 Å². The van der Waals surface area contributed by atoms with E-state index in [-0.39, 0.29) is 24.2 Å². The van der Waals surface area contributed by atoms with Crippen LogP contribution in [0.15, 0.2) is 30.6 Å². The minimum absolute atomic E-state index is 0.150. The van der Waals surface area contributed by atoms with Crippen LogP contribution in [0.3, 0.4) is 0 Å². The number of carbonyl (C=O) groups excluding carboxylic acids is 1. The Bertz CT molecular complexity index is 1080. The molecular weight excluding hydrogens is 439 g/mol. The summed E-state index contributed by atoms with van der Waals surface area (Å²) >= 11 is 12.1. The first-order chi connectivity index (χ1) is 14.3. The van der Waals surface area contributed by atoms with E-state index in [1.165, 1.54) is 6.20 Å². The number of alkyl halides is 2. The normalized spacial score (nSPS) is 18.2. The first-order valence-electron chi connectivity index (χ1n) is 9.09. The SMILES string of the molecule is C[C@@H]1C[C@@H](C(F)F)n2nc(C(=O)Nc3cnn(Cc4ccc(Cl)cc4Cl)c3)nc2N1. The zero-order valence-electron chi connectivity index (χ0n) is 15.7. The molecular formula is C18H17Cl2F2N7O. The highest BCUT2D eigenvalue weighted by Crippen LogP contribution is 2.30. The summed E-state index contributed by atoms with van der Waals surface area (Å²) in [6, 6.07) is 3.82. The van der Waals surface area contributed by atoms with E-state index in [0.717, 1.165) is 10.2 Å². The summed E-state index contributed by atoms with van der Waals surface area (Å²) in [6.07, 6.45) is 0.653. The molecule has 2 N–H and O–H groups in total. The minimum atomic E-state index is -2.61. The van der Waals surface area contributed by atoms with Crippen molar-refractivity contribution in [1.29, 1.82) is 0 Å². The number of nitrogens with zero attached hydrogens (tertiary/aromatic N) is 5. The van der Waals surface area contributed by atoms with Crippen LogP contribution in [0.25, 0.3) is 0 Å². The van der Waals surface area contributed by atoms with Gasteiger partial charge in [0.2, 0.25) is 11.8 Å². The number of fused-ring (bicyclic) bond motifs is 1. The average Bonchev–Trinajstić information content (AvgIpc) is 3.30. The van der Waals surface area contributed by atoms with E-state index in [9.17, 15) is 13.6 Å². The van der Waals surface area contributed by atoms with Gasteiger partial charge in [-0.2, -0.15) is 10.1 Å². The first-order valence-corrected chi connectivity index (χ1v) is 9.84. The maximum absolute atomic E-state index is 13.3. The largest absolute Gasteiger partial charge is 0.352 e. The van der Waals surface area contributed by atoms with Crippen molar-refractivity contribution in [3.63, 3.8) is 0 Å². The van der Waals surface area contributed by atoms with Crippen LogP contribution in [0, 0.1) is 0 Å². The molecule has 3 heterocycles. The average molecular weight is 456 g/mol. The first kappa shape index (κ1) is 20.5. The van der Waals surface area contributed by atoms with Gasteiger partial charge in [0.05, 0.1) is 18.4 Å². The van der Waals surface area contributed by atoms with E-state index in [1.807, 2.05) is 0 Å². The molecule has 30 heavy (non-hydrogen) atoms. The lowest BCUT2D eigenvalue weighted by molar-refractivity contribution is 0.0662. The second-order valence-electron chi connectivity index (χ2n) is 7.00. The molecule has 1 aliphatic rings. The smallest absolute Gasteiger partial charge is 0.295 e. The van der Waals surface area contributed by atoms with E-state index in [4.69, 9.17) is 23.2 Å². The van der Waals surface area contributed by atoms with Gasteiger partial charge in [0.25, 0.3) is 12.3 Å². The third-order valence-electron chi connectivity index (χ3n) is 4.65. The number of benzene rings is 1. The summed E-state index contributed by atoms with van der Waals surface area (Å²) < 4.78 is 29.3. The Morgan fingerprint density at radius 1 is 1.40 bits per heavy atom. The fraction of sp³-hybridized carbons (Fsp3) is 0.333. The van der Waals surface area contributed by atoms with E-state index >= 15 is 0 Å². The highest BCUT2D eigenvalue weighted by Gasteiger charge is 2.34. The summed E-state index contributed by atoms with van der Waals surface area (Å²) in [6.45, 7) is 2.15. The third-order valence-corrected chi connectivity index (χ3v) is 5.24. The molecule has 0 fully saturated rings. The Morgan fingerprint density at radius 3 is 2.93 bits per heavy atom. The van der Waals surface area contributed by atoms with Crippen molar-refractivity contribution in [2.24, 2.45) is 0 Å². The molecule has 0 unspecified atom stereocenters.